The van der Waals surface area contributed by atoms with E-state index in [4.69, 9.17) is 9.84 Å². The molecule has 0 heterocycles. The Hall–Kier alpha value is -1.30. The summed E-state index contributed by atoms with van der Waals surface area (Å²) in [7, 11) is 1.57. The second-order valence-electron chi connectivity index (χ2n) is 5.03. The predicted octanol–water partition coefficient (Wildman–Crippen LogP) is 1.55. The van der Waals surface area contributed by atoms with E-state index >= 15 is 0 Å². The van der Waals surface area contributed by atoms with Crippen LogP contribution in [0.15, 0.2) is 0 Å². The first kappa shape index (κ1) is 17.7. The van der Waals surface area contributed by atoms with E-state index in [2.05, 4.69) is 5.32 Å². The molecule has 0 spiro atoms. The first-order valence-corrected chi connectivity index (χ1v) is 6.61. The van der Waals surface area contributed by atoms with Gasteiger partial charge in [0.05, 0.1) is 12.6 Å². The highest BCUT2D eigenvalue weighted by Crippen LogP contribution is 2.07. The molecule has 6 nitrogen and oxygen atoms in total. The molecule has 0 aromatic carbocycles. The van der Waals surface area contributed by atoms with Crippen LogP contribution < -0.4 is 5.32 Å². The van der Waals surface area contributed by atoms with Crippen molar-refractivity contribution in [1.82, 2.24) is 10.2 Å². The number of methoxy groups -OCH3 is 1. The number of aliphatic carboxylic acids is 1. The summed E-state index contributed by atoms with van der Waals surface area (Å²) in [6.07, 6.45) is 0.706. The van der Waals surface area contributed by atoms with Crippen LogP contribution in [0.2, 0.25) is 0 Å². The Kier molecular flexibility index (Phi) is 8.14. The van der Waals surface area contributed by atoms with Crippen LogP contribution in [0.5, 0.6) is 0 Å². The number of carbonyl (C=O) groups excluding carboxylic acids is 1. The Labute approximate surface area is 115 Å². The lowest BCUT2D eigenvalue weighted by Crippen LogP contribution is -2.52. The third-order valence-corrected chi connectivity index (χ3v) is 3.15. The Morgan fingerprint density at radius 2 is 1.89 bits per heavy atom. The zero-order valence-corrected chi connectivity index (χ0v) is 12.5. The van der Waals surface area contributed by atoms with E-state index in [1.807, 2.05) is 27.7 Å². The lowest BCUT2D eigenvalue weighted by Gasteiger charge is -2.30. The molecular formula is C13H26N2O4. The van der Waals surface area contributed by atoms with E-state index in [0.29, 0.717) is 13.0 Å². The third-order valence-electron chi connectivity index (χ3n) is 3.15. The Bertz CT molecular complexity index is 294. The average Bonchev–Trinajstić information content (AvgIpc) is 2.33. The molecular weight excluding hydrogens is 248 g/mol. The Morgan fingerprint density at radius 1 is 1.32 bits per heavy atom. The molecule has 0 aromatic heterocycles. The second kappa shape index (κ2) is 8.74. The van der Waals surface area contributed by atoms with E-state index < -0.39 is 5.97 Å². The number of carboxylic acid groups (broad SMARTS) is 1. The maximum absolute atomic E-state index is 12.2. The van der Waals surface area contributed by atoms with Crippen LogP contribution in [0.1, 0.15) is 34.1 Å². The zero-order valence-electron chi connectivity index (χ0n) is 12.5. The van der Waals surface area contributed by atoms with E-state index in [9.17, 15) is 9.59 Å². The fourth-order valence-electron chi connectivity index (χ4n) is 1.62. The maximum atomic E-state index is 12.2. The monoisotopic (exact) mass is 274 g/mol. The number of hydrogen-bond acceptors (Lipinski definition) is 3. The molecule has 2 amide bonds. The lowest BCUT2D eigenvalue weighted by molar-refractivity contribution is -0.138. The molecule has 2 N–H and O–H groups in total. The van der Waals surface area contributed by atoms with Crippen molar-refractivity contribution in [3.63, 3.8) is 0 Å². The quantitative estimate of drug-likeness (QED) is 0.704. The van der Waals surface area contributed by atoms with Gasteiger partial charge in [0, 0.05) is 13.2 Å². The molecule has 19 heavy (non-hydrogen) atoms. The van der Waals surface area contributed by atoms with Gasteiger partial charge in [-0.25, -0.2) is 4.79 Å². The van der Waals surface area contributed by atoms with Crippen molar-refractivity contribution >= 4 is 12.0 Å². The molecule has 0 fully saturated rings. The van der Waals surface area contributed by atoms with Crippen molar-refractivity contribution < 1.29 is 19.4 Å². The average molecular weight is 274 g/mol. The second-order valence-corrected chi connectivity index (χ2v) is 5.03. The molecule has 0 rings (SSSR count). The minimum atomic E-state index is -1.01. The fourth-order valence-corrected chi connectivity index (χ4v) is 1.62. The van der Waals surface area contributed by atoms with Crippen molar-refractivity contribution in [1.29, 1.82) is 0 Å². The minimum Gasteiger partial charge on any atom is -0.480 e. The molecule has 2 atom stereocenters. The maximum Gasteiger partial charge on any atom is 0.323 e. The standard InChI is InChI=1S/C13H26N2O4/c1-6-10(4)15(7-12(16)17)13(18)14-11(8-19-5)9(2)3/h9-11H,6-8H2,1-5H3,(H,14,18)(H,16,17). The first-order valence-electron chi connectivity index (χ1n) is 6.61. The Morgan fingerprint density at radius 3 is 2.26 bits per heavy atom. The van der Waals surface area contributed by atoms with Gasteiger partial charge >= 0.3 is 12.0 Å². The molecule has 0 aliphatic heterocycles. The van der Waals surface area contributed by atoms with Gasteiger partial charge in [0.25, 0.3) is 0 Å². The van der Waals surface area contributed by atoms with Crippen LogP contribution >= 0.6 is 0 Å². The van der Waals surface area contributed by atoms with Crippen LogP contribution in [-0.4, -0.2) is 54.4 Å². The van der Waals surface area contributed by atoms with E-state index in [0.717, 1.165) is 0 Å². The number of carboxylic acids is 1. The third kappa shape index (κ3) is 6.42. The van der Waals surface area contributed by atoms with Gasteiger partial charge in [-0.15, -0.1) is 0 Å². The summed E-state index contributed by atoms with van der Waals surface area (Å²) < 4.78 is 5.06. The summed E-state index contributed by atoms with van der Waals surface area (Å²) in [5, 5.41) is 11.7. The molecule has 2 unspecified atom stereocenters. The predicted molar refractivity (Wildman–Crippen MR) is 73.1 cm³/mol. The van der Waals surface area contributed by atoms with Gasteiger partial charge < -0.3 is 20.1 Å². The van der Waals surface area contributed by atoms with Gasteiger partial charge in [-0.2, -0.15) is 0 Å². The number of carbonyl (C=O) groups is 2. The molecule has 0 saturated carbocycles. The van der Waals surface area contributed by atoms with Crippen molar-refractivity contribution in [3.8, 4) is 0 Å². The van der Waals surface area contributed by atoms with Crippen molar-refractivity contribution in [2.45, 2.75) is 46.2 Å². The lowest BCUT2D eigenvalue weighted by atomic mass is 10.1. The number of ether oxygens (including phenoxy) is 1. The topological polar surface area (TPSA) is 78.9 Å². The van der Waals surface area contributed by atoms with Gasteiger partial charge in [0.2, 0.25) is 0 Å². The van der Waals surface area contributed by atoms with E-state index in [1.54, 1.807) is 7.11 Å². The van der Waals surface area contributed by atoms with Crippen molar-refractivity contribution in [2.24, 2.45) is 5.92 Å². The van der Waals surface area contributed by atoms with Gasteiger partial charge in [0.1, 0.15) is 6.54 Å². The van der Waals surface area contributed by atoms with Crippen LogP contribution in [0.4, 0.5) is 4.79 Å². The number of amides is 2. The highest BCUT2D eigenvalue weighted by Gasteiger charge is 2.24. The van der Waals surface area contributed by atoms with Gasteiger partial charge in [0.15, 0.2) is 0 Å². The summed E-state index contributed by atoms with van der Waals surface area (Å²) in [4.78, 5) is 24.3. The summed E-state index contributed by atoms with van der Waals surface area (Å²) in [5.41, 5.74) is 0. The number of urea groups is 1. The molecule has 0 radical (unpaired) electrons. The van der Waals surface area contributed by atoms with Crippen molar-refractivity contribution in [3.05, 3.63) is 0 Å². The molecule has 0 bridgehead atoms. The molecule has 0 saturated heterocycles. The van der Waals surface area contributed by atoms with Crippen molar-refractivity contribution in [2.75, 3.05) is 20.3 Å². The SMILES string of the molecule is CCC(C)N(CC(=O)O)C(=O)NC(COC)C(C)C. The summed E-state index contributed by atoms with van der Waals surface area (Å²) in [5.74, 6) is -0.796. The Balaban J connectivity index is 4.73. The van der Waals surface area contributed by atoms with Crippen LogP contribution in [0.3, 0.4) is 0 Å². The van der Waals surface area contributed by atoms with Crippen LogP contribution in [0, 0.1) is 5.92 Å². The van der Waals surface area contributed by atoms with E-state index in [-0.39, 0.29) is 30.6 Å². The zero-order chi connectivity index (χ0) is 15.0. The van der Waals surface area contributed by atoms with Gasteiger partial charge in [-0.1, -0.05) is 20.8 Å². The highest BCUT2D eigenvalue weighted by atomic mass is 16.5. The normalized spacial score (nSPS) is 14.0. The number of hydrogen-bond donors (Lipinski definition) is 2. The number of nitrogens with one attached hydrogen (secondary N) is 1. The van der Waals surface area contributed by atoms with Crippen LogP contribution in [-0.2, 0) is 9.53 Å². The molecule has 0 aliphatic carbocycles. The number of nitrogens with zero attached hydrogens (tertiary/aromatic N) is 1. The van der Waals surface area contributed by atoms with Gasteiger partial charge in [-0.3, -0.25) is 4.79 Å². The minimum absolute atomic E-state index is 0.119. The summed E-state index contributed by atoms with van der Waals surface area (Å²) >= 11 is 0. The van der Waals surface area contributed by atoms with Crippen LogP contribution in [0.25, 0.3) is 0 Å². The first-order chi connectivity index (χ1) is 8.83. The summed E-state index contributed by atoms with van der Waals surface area (Å²) in [6.45, 7) is 7.83. The molecule has 6 heteroatoms. The fraction of sp³-hybridized carbons (Fsp3) is 0.846. The number of rotatable bonds is 8. The largest absolute Gasteiger partial charge is 0.480 e. The van der Waals surface area contributed by atoms with Gasteiger partial charge in [-0.05, 0) is 19.3 Å². The smallest absolute Gasteiger partial charge is 0.323 e. The molecule has 0 aromatic rings. The van der Waals surface area contributed by atoms with E-state index in [1.165, 1.54) is 4.90 Å². The summed E-state index contributed by atoms with van der Waals surface area (Å²) in [6, 6.07) is -0.600. The molecule has 0 aliphatic rings. The highest BCUT2D eigenvalue weighted by molar-refractivity contribution is 5.80. The molecule has 112 valence electrons.